The summed E-state index contributed by atoms with van der Waals surface area (Å²) < 4.78 is 0. The summed E-state index contributed by atoms with van der Waals surface area (Å²) in [5.41, 5.74) is 0. The molecule has 2 atom stereocenters. The van der Waals surface area contributed by atoms with Gasteiger partial charge in [-0.25, -0.2) is 4.98 Å². The molecule has 1 fully saturated rings. The monoisotopic (exact) mass is 295 g/mol. The van der Waals surface area contributed by atoms with Crippen molar-refractivity contribution in [3.8, 4) is 0 Å². The lowest BCUT2D eigenvalue weighted by molar-refractivity contribution is -0.123. The van der Waals surface area contributed by atoms with Crippen LogP contribution in [0.15, 0.2) is 6.20 Å². The van der Waals surface area contributed by atoms with Crippen LogP contribution in [0.4, 0.5) is 0 Å². The molecule has 0 saturated heterocycles. The van der Waals surface area contributed by atoms with Crippen LogP contribution in [0, 0.1) is 0 Å². The van der Waals surface area contributed by atoms with E-state index in [9.17, 15) is 4.79 Å². The van der Waals surface area contributed by atoms with E-state index in [1.54, 1.807) is 11.3 Å². The third-order valence-corrected chi connectivity index (χ3v) is 5.21. The lowest BCUT2D eigenvalue weighted by Crippen LogP contribution is -2.46. The van der Waals surface area contributed by atoms with Gasteiger partial charge in [-0.3, -0.25) is 10.1 Å². The molecule has 2 rings (SSSR count). The topological polar surface area (TPSA) is 54.0 Å². The number of hydrogen-bond donors (Lipinski definition) is 2. The fourth-order valence-corrected chi connectivity index (χ4v) is 3.47. The van der Waals surface area contributed by atoms with Crippen molar-refractivity contribution < 1.29 is 4.79 Å². The minimum Gasteiger partial charge on any atom is -0.352 e. The molecule has 0 spiro atoms. The number of nitrogens with zero attached hydrogens (tertiary/aromatic N) is 1. The number of carbonyl (C=O) groups excluding carboxylic acids is 1. The molecule has 0 radical (unpaired) electrons. The van der Waals surface area contributed by atoms with E-state index in [4.69, 9.17) is 0 Å². The van der Waals surface area contributed by atoms with E-state index in [0.717, 1.165) is 24.3 Å². The van der Waals surface area contributed by atoms with Gasteiger partial charge in [0.2, 0.25) is 5.91 Å². The molecule has 1 amide bonds. The highest BCUT2D eigenvalue weighted by atomic mass is 32.1. The summed E-state index contributed by atoms with van der Waals surface area (Å²) in [7, 11) is 0. The first-order chi connectivity index (χ1) is 9.60. The largest absolute Gasteiger partial charge is 0.352 e. The van der Waals surface area contributed by atoms with Crippen molar-refractivity contribution in [1.29, 1.82) is 0 Å². The molecular weight excluding hydrogens is 270 g/mol. The zero-order valence-electron chi connectivity index (χ0n) is 12.6. The predicted molar refractivity (Wildman–Crippen MR) is 82.9 cm³/mol. The number of thiazole rings is 1. The summed E-state index contributed by atoms with van der Waals surface area (Å²) >= 11 is 1.72. The molecule has 112 valence electrons. The van der Waals surface area contributed by atoms with Gasteiger partial charge >= 0.3 is 0 Å². The number of rotatable bonds is 6. The first-order valence-electron chi connectivity index (χ1n) is 7.61. The van der Waals surface area contributed by atoms with Crippen molar-refractivity contribution >= 4 is 17.2 Å². The molecule has 1 aliphatic rings. The van der Waals surface area contributed by atoms with Crippen LogP contribution in [0.1, 0.15) is 62.4 Å². The molecule has 4 nitrogen and oxygen atoms in total. The molecule has 5 heteroatoms. The summed E-state index contributed by atoms with van der Waals surface area (Å²) in [5, 5.41) is 7.53. The molecule has 2 N–H and O–H groups in total. The van der Waals surface area contributed by atoms with Gasteiger partial charge in [-0.15, -0.1) is 11.3 Å². The number of carbonyl (C=O) groups is 1. The predicted octanol–water partition coefficient (Wildman–Crippen LogP) is 2.80. The van der Waals surface area contributed by atoms with Gasteiger partial charge in [0.1, 0.15) is 5.01 Å². The maximum absolute atomic E-state index is 12.1. The van der Waals surface area contributed by atoms with Crippen LogP contribution in [0.5, 0.6) is 0 Å². The molecule has 1 aliphatic carbocycles. The smallest absolute Gasteiger partial charge is 0.237 e. The van der Waals surface area contributed by atoms with Crippen molar-refractivity contribution in [3.63, 3.8) is 0 Å². The van der Waals surface area contributed by atoms with Gasteiger partial charge < -0.3 is 5.32 Å². The lowest BCUT2D eigenvalue weighted by Gasteiger charge is -2.20. The molecule has 1 aromatic rings. The SMILES string of the molecule is CCc1cnc(C(C)NC(C)C(=O)NC2CCCC2)s1. The third-order valence-electron chi connectivity index (χ3n) is 3.89. The second-order valence-electron chi connectivity index (χ2n) is 5.62. The first kappa shape index (κ1) is 15.4. The van der Waals surface area contributed by atoms with E-state index in [-0.39, 0.29) is 18.0 Å². The summed E-state index contributed by atoms with van der Waals surface area (Å²) in [6.45, 7) is 6.12. The third kappa shape index (κ3) is 4.03. The highest BCUT2D eigenvalue weighted by Gasteiger charge is 2.22. The Kier molecular flexibility index (Phi) is 5.54. The Labute approximate surface area is 125 Å². The molecule has 1 aromatic heterocycles. The van der Waals surface area contributed by atoms with E-state index in [1.807, 2.05) is 13.1 Å². The second kappa shape index (κ2) is 7.18. The quantitative estimate of drug-likeness (QED) is 0.848. The molecule has 2 unspecified atom stereocenters. The fourth-order valence-electron chi connectivity index (χ4n) is 2.60. The summed E-state index contributed by atoms with van der Waals surface area (Å²) in [5.74, 6) is 0.107. The lowest BCUT2D eigenvalue weighted by atomic mass is 10.2. The first-order valence-corrected chi connectivity index (χ1v) is 8.42. The summed E-state index contributed by atoms with van der Waals surface area (Å²) in [4.78, 5) is 17.9. The molecule has 0 aliphatic heterocycles. The number of aryl methyl sites for hydroxylation is 1. The highest BCUT2D eigenvalue weighted by Crippen LogP contribution is 2.21. The summed E-state index contributed by atoms with van der Waals surface area (Å²) in [6, 6.07) is 0.317. The Morgan fingerprint density at radius 2 is 2.15 bits per heavy atom. The van der Waals surface area contributed by atoms with Gasteiger partial charge in [0.05, 0.1) is 12.1 Å². The molecule has 20 heavy (non-hydrogen) atoms. The maximum atomic E-state index is 12.1. The van der Waals surface area contributed by atoms with Crippen molar-refractivity contribution in [2.24, 2.45) is 0 Å². The number of amides is 1. The van der Waals surface area contributed by atoms with Gasteiger partial charge in [-0.05, 0) is 33.1 Å². The van der Waals surface area contributed by atoms with Gasteiger partial charge in [-0.1, -0.05) is 19.8 Å². The molecular formula is C15H25N3OS. The number of hydrogen-bond acceptors (Lipinski definition) is 4. The van der Waals surface area contributed by atoms with E-state index < -0.39 is 0 Å². The standard InChI is InChI=1S/C15H25N3OS/c1-4-13-9-16-15(20-13)11(3)17-10(2)14(19)18-12-7-5-6-8-12/h9-12,17H,4-8H2,1-3H3,(H,18,19). The molecule has 0 aromatic carbocycles. The van der Waals surface area contributed by atoms with Crippen LogP contribution >= 0.6 is 11.3 Å². The van der Waals surface area contributed by atoms with Crippen molar-refractivity contribution in [1.82, 2.24) is 15.6 Å². The Morgan fingerprint density at radius 1 is 1.45 bits per heavy atom. The molecule has 1 saturated carbocycles. The summed E-state index contributed by atoms with van der Waals surface area (Å²) in [6.07, 6.45) is 7.67. The average molecular weight is 295 g/mol. The van der Waals surface area contributed by atoms with Crippen LogP contribution in [-0.2, 0) is 11.2 Å². The Morgan fingerprint density at radius 3 is 2.75 bits per heavy atom. The Balaban J connectivity index is 1.82. The zero-order chi connectivity index (χ0) is 14.5. The van der Waals surface area contributed by atoms with Crippen molar-refractivity contribution in [2.75, 3.05) is 0 Å². The van der Waals surface area contributed by atoms with Gasteiger partial charge in [-0.2, -0.15) is 0 Å². The minimum atomic E-state index is -0.181. The minimum absolute atomic E-state index is 0.107. The molecule has 1 heterocycles. The maximum Gasteiger partial charge on any atom is 0.237 e. The number of aromatic nitrogens is 1. The van der Waals surface area contributed by atoms with Gasteiger partial charge in [0.25, 0.3) is 0 Å². The van der Waals surface area contributed by atoms with Gasteiger partial charge in [0.15, 0.2) is 0 Å². The normalized spacial score (nSPS) is 18.9. The van der Waals surface area contributed by atoms with E-state index in [0.29, 0.717) is 6.04 Å². The van der Waals surface area contributed by atoms with Crippen molar-refractivity contribution in [2.45, 2.75) is 71.0 Å². The van der Waals surface area contributed by atoms with Crippen LogP contribution in [0.25, 0.3) is 0 Å². The van der Waals surface area contributed by atoms with Crippen LogP contribution in [0.2, 0.25) is 0 Å². The Bertz CT molecular complexity index is 440. The average Bonchev–Trinajstić information content (AvgIpc) is 3.09. The van der Waals surface area contributed by atoms with Crippen LogP contribution < -0.4 is 10.6 Å². The zero-order valence-corrected chi connectivity index (χ0v) is 13.4. The Hall–Kier alpha value is -0.940. The van der Waals surface area contributed by atoms with E-state index in [2.05, 4.69) is 29.5 Å². The van der Waals surface area contributed by atoms with E-state index in [1.165, 1.54) is 17.7 Å². The fraction of sp³-hybridized carbons (Fsp3) is 0.733. The number of nitrogens with one attached hydrogen (secondary N) is 2. The van der Waals surface area contributed by atoms with E-state index >= 15 is 0 Å². The van der Waals surface area contributed by atoms with Gasteiger partial charge in [0, 0.05) is 17.1 Å². The second-order valence-corrected chi connectivity index (χ2v) is 6.77. The van der Waals surface area contributed by atoms with Crippen LogP contribution in [0.3, 0.4) is 0 Å². The van der Waals surface area contributed by atoms with Crippen molar-refractivity contribution in [3.05, 3.63) is 16.1 Å². The highest BCUT2D eigenvalue weighted by molar-refractivity contribution is 7.11. The molecule has 0 bridgehead atoms. The van der Waals surface area contributed by atoms with Crippen LogP contribution in [-0.4, -0.2) is 23.0 Å².